The van der Waals surface area contributed by atoms with Crippen LogP contribution in [-0.2, 0) is 0 Å². The Morgan fingerprint density at radius 3 is 2.44 bits per heavy atom. The Labute approximate surface area is 118 Å². The lowest BCUT2D eigenvalue weighted by Gasteiger charge is -2.36. The molecule has 0 bridgehead atoms. The van der Waals surface area contributed by atoms with E-state index in [-0.39, 0.29) is 0 Å². The van der Waals surface area contributed by atoms with E-state index in [0.29, 0.717) is 15.5 Å². The van der Waals surface area contributed by atoms with Crippen molar-refractivity contribution in [2.24, 2.45) is 0 Å². The molecule has 0 radical (unpaired) electrons. The maximum Gasteiger partial charge on any atom is 0.0776 e. The van der Waals surface area contributed by atoms with Crippen LogP contribution < -0.4 is 4.90 Å². The first kappa shape index (κ1) is 14.0. The lowest BCUT2D eigenvalue weighted by molar-refractivity contribution is 0.199. The standard InChI is InChI=1S/C14H20ClNOS/c1-9-7-16(8-10(2)18-9)12-4-5-13(11(3)17)14(15)6-12/h4-6,9-11,17H,7-8H2,1-3H3. The van der Waals surface area contributed by atoms with Crippen molar-refractivity contribution < 1.29 is 5.11 Å². The maximum atomic E-state index is 9.59. The summed E-state index contributed by atoms with van der Waals surface area (Å²) in [5.41, 5.74) is 1.95. The summed E-state index contributed by atoms with van der Waals surface area (Å²) >= 11 is 8.26. The zero-order valence-electron chi connectivity index (χ0n) is 11.1. The van der Waals surface area contributed by atoms with Crippen LogP contribution in [0.3, 0.4) is 0 Å². The van der Waals surface area contributed by atoms with E-state index in [9.17, 15) is 5.11 Å². The minimum atomic E-state index is -0.513. The molecule has 0 aliphatic carbocycles. The molecule has 18 heavy (non-hydrogen) atoms. The number of hydrogen-bond donors (Lipinski definition) is 1. The molecule has 3 unspecified atom stereocenters. The molecule has 0 spiro atoms. The van der Waals surface area contributed by atoms with Crippen molar-refractivity contribution in [2.45, 2.75) is 37.4 Å². The van der Waals surface area contributed by atoms with Gasteiger partial charge in [-0.25, -0.2) is 0 Å². The van der Waals surface area contributed by atoms with Gasteiger partial charge in [0, 0.05) is 34.3 Å². The van der Waals surface area contributed by atoms with Gasteiger partial charge in [0.1, 0.15) is 0 Å². The number of benzene rings is 1. The van der Waals surface area contributed by atoms with Gasteiger partial charge in [-0.15, -0.1) is 0 Å². The van der Waals surface area contributed by atoms with Crippen LogP contribution in [0.25, 0.3) is 0 Å². The molecule has 1 aliphatic heterocycles. The summed E-state index contributed by atoms with van der Waals surface area (Å²) in [6.45, 7) is 8.37. The van der Waals surface area contributed by atoms with Crippen LogP contribution in [-0.4, -0.2) is 28.7 Å². The van der Waals surface area contributed by atoms with Gasteiger partial charge < -0.3 is 10.0 Å². The predicted molar refractivity (Wildman–Crippen MR) is 80.8 cm³/mol. The first-order valence-corrected chi connectivity index (χ1v) is 7.67. The average Bonchev–Trinajstić information content (AvgIpc) is 2.26. The lowest BCUT2D eigenvalue weighted by Crippen LogP contribution is -2.40. The number of anilines is 1. The minimum Gasteiger partial charge on any atom is -0.389 e. The Morgan fingerprint density at radius 1 is 1.33 bits per heavy atom. The van der Waals surface area contributed by atoms with E-state index in [1.165, 1.54) is 0 Å². The van der Waals surface area contributed by atoms with Crippen LogP contribution in [0.5, 0.6) is 0 Å². The Bertz CT molecular complexity index is 414. The van der Waals surface area contributed by atoms with Crippen LogP contribution in [0.2, 0.25) is 5.02 Å². The Balaban J connectivity index is 2.21. The molecule has 1 fully saturated rings. The molecule has 4 heteroatoms. The third-order valence-electron chi connectivity index (χ3n) is 3.22. The summed E-state index contributed by atoms with van der Waals surface area (Å²) in [6.07, 6.45) is -0.513. The van der Waals surface area contributed by atoms with Crippen LogP contribution in [0.4, 0.5) is 5.69 Å². The SMILES string of the molecule is CC1CN(c2ccc(C(C)O)c(Cl)c2)CC(C)S1. The summed E-state index contributed by atoms with van der Waals surface area (Å²) in [5, 5.41) is 11.5. The van der Waals surface area contributed by atoms with Gasteiger partial charge in [0.25, 0.3) is 0 Å². The Morgan fingerprint density at radius 2 is 1.94 bits per heavy atom. The number of aliphatic hydroxyl groups is 1. The monoisotopic (exact) mass is 285 g/mol. The molecule has 3 atom stereocenters. The van der Waals surface area contributed by atoms with Crippen molar-refractivity contribution in [3.05, 3.63) is 28.8 Å². The van der Waals surface area contributed by atoms with Gasteiger partial charge in [0.2, 0.25) is 0 Å². The van der Waals surface area contributed by atoms with Gasteiger partial charge in [-0.1, -0.05) is 31.5 Å². The van der Waals surface area contributed by atoms with Gasteiger partial charge in [-0.2, -0.15) is 11.8 Å². The number of rotatable bonds is 2. The van der Waals surface area contributed by atoms with Crippen molar-refractivity contribution in [2.75, 3.05) is 18.0 Å². The first-order valence-electron chi connectivity index (χ1n) is 6.35. The molecule has 1 N–H and O–H groups in total. The summed E-state index contributed by atoms with van der Waals surface area (Å²) in [4.78, 5) is 2.38. The molecule has 0 aromatic heterocycles. The van der Waals surface area contributed by atoms with E-state index < -0.39 is 6.10 Å². The van der Waals surface area contributed by atoms with Crippen LogP contribution in [0, 0.1) is 0 Å². The second kappa shape index (κ2) is 5.72. The average molecular weight is 286 g/mol. The first-order chi connectivity index (χ1) is 8.47. The van der Waals surface area contributed by atoms with Crippen molar-refractivity contribution in [1.29, 1.82) is 0 Å². The molecule has 1 aromatic carbocycles. The summed E-state index contributed by atoms with van der Waals surface area (Å²) in [5.74, 6) is 0. The number of thioether (sulfide) groups is 1. The highest BCUT2D eigenvalue weighted by Gasteiger charge is 2.23. The fourth-order valence-corrected chi connectivity index (χ4v) is 4.10. The van der Waals surface area contributed by atoms with Crippen LogP contribution in [0.1, 0.15) is 32.4 Å². The van der Waals surface area contributed by atoms with Gasteiger partial charge >= 0.3 is 0 Å². The lowest BCUT2D eigenvalue weighted by atomic mass is 10.1. The van der Waals surface area contributed by atoms with Crippen molar-refractivity contribution in [3.8, 4) is 0 Å². The van der Waals surface area contributed by atoms with E-state index >= 15 is 0 Å². The molecule has 2 nitrogen and oxygen atoms in total. The van der Waals surface area contributed by atoms with E-state index in [1.54, 1.807) is 6.92 Å². The normalized spacial score (nSPS) is 26.2. The molecule has 1 aliphatic rings. The summed E-state index contributed by atoms with van der Waals surface area (Å²) < 4.78 is 0. The molecule has 100 valence electrons. The second-order valence-corrected chi connectivity index (χ2v) is 7.33. The topological polar surface area (TPSA) is 23.5 Å². The number of hydrogen-bond acceptors (Lipinski definition) is 3. The zero-order valence-corrected chi connectivity index (χ0v) is 12.6. The number of halogens is 1. The van der Waals surface area contributed by atoms with Gasteiger partial charge in [-0.3, -0.25) is 0 Å². The number of aliphatic hydroxyl groups excluding tert-OH is 1. The Kier molecular flexibility index (Phi) is 4.46. The highest BCUT2D eigenvalue weighted by molar-refractivity contribution is 8.00. The molecule has 1 aromatic rings. The number of nitrogens with zero attached hydrogens (tertiary/aromatic N) is 1. The Hall–Kier alpha value is -0.380. The van der Waals surface area contributed by atoms with Crippen molar-refractivity contribution in [3.63, 3.8) is 0 Å². The van der Waals surface area contributed by atoms with Gasteiger partial charge in [0.05, 0.1) is 6.10 Å². The van der Waals surface area contributed by atoms with Crippen molar-refractivity contribution in [1.82, 2.24) is 0 Å². The fourth-order valence-electron chi connectivity index (χ4n) is 2.44. The molecule has 0 saturated carbocycles. The highest BCUT2D eigenvalue weighted by atomic mass is 35.5. The fraction of sp³-hybridized carbons (Fsp3) is 0.571. The summed E-state index contributed by atoms with van der Waals surface area (Å²) in [7, 11) is 0. The smallest absolute Gasteiger partial charge is 0.0776 e. The molecule has 2 rings (SSSR count). The molecular formula is C14H20ClNOS. The van der Waals surface area contributed by atoms with E-state index in [1.807, 2.05) is 23.9 Å². The van der Waals surface area contributed by atoms with Crippen LogP contribution >= 0.6 is 23.4 Å². The van der Waals surface area contributed by atoms with Crippen LogP contribution in [0.15, 0.2) is 18.2 Å². The zero-order chi connectivity index (χ0) is 13.3. The molecule has 1 saturated heterocycles. The van der Waals surface area contributed by atoms with Gasteiger partial charge in [-0.05, 0) is 24.6 Å². The van der Waals surface area contributed by atoms with E-state index in [0.717, 1.165) is 24.3 Å². The third-order valence-corrected chi connectivity index (χ3v) is 4.77. The highest BCUT2D eigenvalue weighted by Crippen LogP contribution is 2.32. The second-order valence-electron chi connectivity index (χ2n) is 5.04. The largest absolute Gasteiger partial charge is 0.389 e. The van der Waals surface area contributed by atoms with E-state index in [4.69, 9.17) is 11.6 Å². The van der Waals surface area contributed by atoms with E-state index in [2.05, 4.69) is 24.8 Å². The quantitative estimate of drug-likeness (QED) is 0.896. The maximum absolute atomic E-state index is 9.59. The summed E-state index contributed by atoms with van der Waals surface area (Å²) in [6, 6.07) is 5.96. The van der Waals surface area contributed by atoms with Gasteiger partial charge in [0.15, 0.2) is 0 Å². The predicted octanol–water partition coefficient (Wildman–Crippen LogP) is 3.72. The molecule has 0 amide bonds. The molecule has 1 heterocycles. The third kappa shape index (κ3) is 3.14. The minimum absolute atomic E-state index is 0.513. The van der Waals surface area contributed by atoms with Crippen molar-refractivity contribution >= 4 is 29.1 Å². The molecular weight excluding hydrogens is 266 g/mol.